The number of carbonyl (C=O) groups excluding carboxylic acids is 1. The van der Waals surface area contributed by atoms with Gasteiger partial charge in [0.25, 0.3) is 0 Å². The topological polar surface area (TPSA) is 63.2 Å². The Morgan fingerprint density at radius 3 is 2.44 bits per heavy atom. The maximum atomic E-state index is 11.9. The van der Waals surface area contributed by atoms with Crippen molar-refractivity contribution in [3.8, 4) is 11.5 Å². The van der Waals surface area contributed by atoms with Gasteiger partial charge in [0.15, 0.2) is 6.29 Å². The summed E-state index contributed by atoms with van der Waals surface area (Å²) in [4.78, 5) is 11.9. The summed E-state index contributed by atoms with van der Waals surface area (Å²) >= 11 is 0. The number of carbonyl (C=O) groups is 1. The molecular weight excluding hydrogens is 348 g/mol. The summed E-state index contributed by atoms with van der Waals surface area (Å²) in [7, 11) is 3.02. The van der Waals surface area contributed by atoms with Crippen molar-refractivity contribution in [1.82, 2.24) is 0 Å². The lowest BCUT2D eigenvalue weighted by molar-refractivity contribution is -0.141. The van der Waals surface area contributed by atoms with E-state index in [0.717, 1.165) is 22.4 Å². The Morgan fingerprint density at radius 2 is 1.81 bits per heavy atom. The maximum Gasteiger partial charge on any atom is 0.312 e. The first-order chi connectivity index (χ1) is 13.1. The molecule has 0 spiro atoms. The van der Waals surface area contributed by atoms with Crippen molar-refractivity contribution in [1.29, 1.82) is 0 Å². The van der Waals surface area contributed by atoms with Gasteiger partial charge in [0, 0.05) is 5.56 Å². The van der Waals surface area contributed by atoms with Crippen molar-refractivity contribution in [2.45, 2.75) is 25.7 Å². The second-order valence-electron chi connectivity index (χ2n) is 6.25. The van der Waals surface area contributed by atoms with E-state index in [2.05, 4.69) is 0 Å². The second kappa shape index (κ2) is 8.88. The van der Waals surface area contributed by atoms with E-state index in [1.54, 1.807) is 14.0 Å². The lowest BCUT2D eigenvalue weighted by Gasteiger charge is -2.18. The minimum absolute atomic E-state index is 0.294. The van der Waals surface area contributed by atoms with Gasteiger partial charge < -0.3 is 23.7 Å². The summed E-state index contributed by atoms with van der Waals surface area (Å²) in [5, 5.41) is 0. The summed E-state index contributed by atoms with van der Waals surface area (Å²) in [5.74, 6) is 0.738. The van der Waals surface area contributed by atoms with Gasteiger partial charge in [-0.3, -0.25) is 4.79 Å². The highest BCUT2D eigenvalue weighted by Crippen LogP contribution is 2.34. The number of esters is 1. The van der Waals surface area contributed by atoms with Crippen LogP contribution in [0.2, 0.25) is 0 Å². The third-order valence-electron chi connectivity index (χ3n) is 4.52. The zero-order valence-corrected chi connectivity index (χ0v) is 15.8. The molecule has 0 saturated carbocycles. The normalized spacial score (nSPS) is 15.4. The van der Waals surface area contributed by atoms with Gasteiger partial charge in [-0.15, -0.1) is 0 Å². The van der Waals surface area contributed by atoms with E-state index in [9.17, 15) is 4.79 Å². The van der Waals surface area contributed by atoms with E-state index in [1.807, 2.05) is 42.5 Å². The first-order valence-corrected chi connectivity index (χ1v) is 8.83. The van der Waals surface area contributed by atoms with Crippen LogP contribution >= 0.6 is 0 Å². The predicted molar refractivity (Wildman–Crippen MR) is 98.8 cm³/mol. The lowest BCUT2D eigenvalue weighted by atomic mass is 9.99. The van der Waals surface area contributed by atoms with Crippen molar-refractivity contribution < 1.29 is 28.5 Å². The van der Waals surface area contributed by atoms with E-state index >= 15 is 0 Å². The van der Waals surface area contributed by atoms with E-state index < -0.39 is 12.2 Å². The molecule has 2 aromatic rings. The minimum atomic E-state index is -0.460. The van der Waals surface area contributed by atoms with Gasteiger partial charge in [-0.05, 0) is 42.3 Å². The Kier molecular flexibility index (Phi) is 6.32. The molecule has 0 amide bonds. The Bertz CT molecular complexity index is 765. The van der Waals surface area contributed by atoms with Crippen molar-refractivity contribution in [2.75, 3.05) is 27.4 Å². The highest BCUT2D eigenvalue weighted by molar-refractivity contribution is 5.77. The summed E-state index contributed by atoms with van der Waals surface area (Å²) in [5.41, 5.74) is 2.62. The third kappa shape index (κ3) is 4.59. The highest BCUT2D eigenvalue weighted by atomic mass is 16.7. The minimum Gasteiger partial charge on any atom is -0.497 e. The van der Waals surface area contributed by atoms with Crippen LogP contribution in [0.25, 0.3) is 0 Å². The van der Waals surface area contributed by atoms with Crippen LogP contribution in [0.3, 0.4) is 0 Å². The molecule has 1 unspecified atom stereocenters. The monoisotopic (exact) mass is 372 g/mol. The smallest absolute Gasteiger partial charge is 0.312 e. The summed E-state index contributed by atoms with van der Waals surface area (Å²) < 4.78 is 27.3. The van der Waals surface area contributed by atoms with E-state index in [4.69, 9.17) is 23.7 Å². The molecule has 1 saturated heterocycles. The fourth-order valence-corrected chi connectivity index (χ4v) is 2.87. The summed E-state index contributed by atoms with van der Waals surface area (Å²) in [6.45, 7) is 3.27. The molecule has 3 rings (SSSR count). The van der Waals surface area contributed by atoms with Crippen molar-refractivity contribution in [2.24, 2.45) is 0 Å². The number of rotatable bonds is 7. The van der Waals surface area contributed by atoms with Crippen LogP contribution in [0.5, 0.6) is 11.5 Å². The van der Waals surface area contributed by atoms with Crippen LogP contribution in [0.15, 0.2) is 42.5 Å². The Morgan fingerprint density at radius 1 is 1.11 bits per heavy atom. The first kappa shape index (κ1) is 19.2. The van der Waals surface area contributed by atoms with Crippen LogP contribution < -0.4 is 9.47 Å². The van der Waals surface area contributed by atoms with Gasteiger partial charge >= 0.3 is 5.97 Å². The molecule has 6 heteroatoms. The van der Waals surface area contributed by atoms with E-state index in [0.29, 0.717) is 25.6 Å². The number of ether oxygens (including phenoxy) is 5. The molecule has 1 aliphatic heterocycles. The average molecular weight is 372 g/mol. The molecule has 0 bridgehead atoms. The third-order valence-corrected chi connectivity index (χ3v) is 4.52. The van der Waals surface area contributed by atoms with Gasteiger partial charge in [-0.1, -0.05) is 18.2 Å². The van der Waals surface area contributed by atoms with E-state index in [1.165, 1.54) is 7.11 Å². The first-order valence-electron chi connectivity index (χ1n) is 8.83. The fourth-order valence-electron chi connectivity index (χ4n) is 2.87. The van der Waals surface area contributed by atoms with Gasteiger partial charge in [-0.25, -0.2) is 0 Å². The van der Waals surface area contributed by atoms with Crippen LogP contribution in [0, 0.1) is 0 Å². The van der Waals surface area contributed by atoms with Crippen LogP contribution in [0.4, 0.5) is 0 Å². The molecule has 0 N–H and O–H groups in total. The molecule has 0 radical (unpaired) electrons. The van der Waals surface area contributed by atoms with Crippen LogP contribution in [-0.4, -0.2) is 33.4 Å². The number of methoxy groups -OCH3 is 2. The molecular formula is C21H24O6. The van der Waals surface area contributed by atoms with Crippen molar-refractivity contribution in [3.05, 3.63) is 59.2 Å². The molecule has 1 aliphatic rings. The molecule has 1 heterocycles. The maximum absolute atomic E-state index is 11.9. The largest absolute Gasteiger partial charge is 0.497 e. The van der Waals surface area contributed by atoms with Crippen LogP contribution in [-0.2, 0) is 25.6 Å². The molecule has 1 atom stereocenters. The van der Waals surface area contributed by atoms with Gasteiger partial charge in [0.2, 0.25) is 0 Å². The molecule has 144 valence electrons. The van der Waals surface area contributed by atoms with Gasteiger partial charge in [0.05, 0.1) is 33.4 Å². The van der Waals surface area contributed by atoms with Gasteiger partial charge in [0.1, 0.15) is 18.1 Å². The van der Waals surface area contributed by atoms with Crippen LogP contribution in [0.1, 0.15) is 35.8 Å². The standard InChI is InChI=1S/C21H24O6/c1-14(20(22)24-3)16-6-9-18(21-25-10-11-26-21)19(12-16)27-13-15-4-7-17(23-2)8-5-15/h4-9,12,14,21H,10-11,13H2,1-3H3. The molecule has 2 aromatic carbocycles. The fraction of sp³-hybridized carbons (Fsp3) is 0.381. The molecule has 0 aliphatic carbocycles. The molecule has 0 aromatic heterocycles. The lowest BCUT2D eigenvalue weighted by Crippen LogP contribution is -2.12. The SMILES string of the molecule is COC(=O)C(C)c1ccc(C2OCCO2)c(OCc2ccc(OC)cc2)c1. The van der Waals surface area contributed by atoms with E-state index in [-0.39, 0.29) is 5.97 Å². The summed E-state index contributed by atoms with van der Waals surface area (Å²) in [6, 6.07) is 13.3. The Balaban J connectivity index is 1.83. The molecule has 27 heavy (non-hydrogen) atoms. The zero-order valence-electron chi connectivity index (χ0n) is 15.8. The zero-order chi connectivity index (χ0) is 19.2. The quantitative estimate of drug-likeness (QED) is 0.692. The predicted octanol–water partition coefficient (Wildman–Crippen LogP) is 3.60. The number of hydrogen-bond donors (Lipinski definition) is 0. The highest BCUT2D eigenvalue weighted by Gasteiger charge is 2.24. The van der Waals surface area contributed by atoms with Crippen molar-refractivity contribution in [3.63, 3.8) is 0 Å². The number of benzene rings is 2. The van der Waals surface area contributed by atoms with Gasteiger partial charge in [-0.2, -0.15) is 0 Å². The average Bonchev–Trinajstić information content (AvgIpc) is 3.26. The summed E-state index contributed by atoms with van der Waals surface area (Å²) in [6.07, 6.45) is -0.460. The Labute approximate surface area is 158 Å². The number of hydrogen-bond acceptors (Lipinski definition) is 6. The second-order valence-corrected chi connectivity index (χ2v) is 6.25. The molecule has 1 fully saturated rings. The Hall–Kier alpha value is -2.57. The van der Waals surface area contributed by atoms with Crippen molar-refractivity contribution >= 4 is 5.97 Å². The molecule has 6 nitrogen and oxygen atoms in total.